The quantitative estimate of drug-likeness (QED) is 0.535. The van der Waals surface area contributed by atoms with Crippen LogP contribution in [0.25, 0.3) is 0 Å². The van der Waals surface area contributed by atoms with Gasteiger partial charge in [0.1, 0.15) is 0 Å². The van der Waals surface area contributed by atoms with Crippen molar-refractivity contribution in [2.75, 3.05) is 38.2 Å². The number of ether oxygens (including phenoxy) is 2. The normalized spacial score (nSPS) is 15.0. The lowest BCUT2D eigenvalue weighted by Gasteiger charge is -2.18. The van der Waals surface area contributed by atoms with Gasteiger partial charge in [0.2, 0.25) is 11.8 Å². The molecule has 22 heavy (non-hydrogen) atoms. The molecule has 2 heterocycles. The highest BCUT2D eigenvalue weighted by Crippen LogP contribution is 2.32. The van der Waals surface area contributed by atoms with Gasteiger partial charge in [-0.25, -0.2) is 0 Å². The Morgan fingerprint density at radius 3 is 2.32 bits per heavy atom. The Balaban J connectivity index is 2.41. The molecule has 2 rings (SSSR count). The molecule has 0 saturated carbocycles. The Morgan fingerprint density at radius 2 is 1.86 bits per heavy atom. The van der Waals surface area contributed by atoms with Crippen molar-refractivity contribution >= 4 is 11.6 Å². The van der Waals surface area contributed by atoms with Gasteiger partial charge in [-0.05, 0) is 13.8 Å². The van der Waals surface area contributed by atoms with Gasteiger partial charge in [-0.2, -0.15) is 9.97 Å². The summed E-state index contributed by atoms with van der Waals surface area (Å²) >= 11 is 0. The molecule has 0 fully saturated rings. The summed E-state index contributed by atoms with van der Waals surface area (Å²) in [6.07, 6.45) is 0. The SMILES string of the molecule is CCOc1nc(C(N)CN)nc(OCC)c1NC1=NCCN1. The van der Waals surface area contributed by atoms with Crippen molar-refractivity contribution < 1.29 is 9.47 Å². The highest BCUT2D eigenvalue weighted by Gasteiger charge is 2.21. The molecule has 9 nitrogen and oxygen atoms in total. The molecule has 6 N–H and O–H groups in total. The Labute approximate surface area is 129 Å². The summed E-state index contributed by atoms with van der Waals surface area (Å²) in [4.78, 5) is 13.0. The summed E-state index contributed by atoms with van der Waals surface area (Å²) in [7, 11) is 0. The molecule has 0 aliphatic carbocycles. The third kappa shape index (κ3) is 3.74. The smallest absolute Gasteiger partial charge is 0.245 e. The number of guanidine groups is 1. The zero-order valence-corrected chi connectivity index (χ0v) is 12.9. The summed E-state index contributed by atoms with van der Waals surface area (Å²) in [5.41, 5.74) is 12.0. The van der Waals surface area contributed by atoms with Crippen LogP contribution in [-0.2, 0) is 0 Å². The lowest BCUT2D eigenvalue weighted by Crippen LogP contribution is -2.28. The fourth-order valence-electron chi connectivity index (χ4n) is 1.90. The van der Waals surface area contributed by atoms with Gasteiger partial charge in [-0.3, -0.25) is 4.99 Å². The summed E-state index contributed by atoms with van der Waals surface area (Å²) in [5.74, 6) is 1.77. The number of nitrogens with two attached hydrogens (primary N) is 2. The molecule has 1 aliphatic rings. The predicted octanol–water partition coefficient (Wildman–Crippen LogP) is -0.396. The fraction of sp³-hybridized carbons (Fsp3) is 0.615. The van der Waals surface area contributed by atoms with Crippen molar-refractivity contribution in [2.24, 2.45) is 16.5 Å². The van der Waals surface area contributed by atoms with Gasteiger partial charge >= 0.3 is 0 Å². The van der Waals surface area contributed by atoms with Crippen LogP contribution in [-0.4, -0.2) is 48.8 Å². The molecule has 1 aromatic rings. The topological polar surface area (TPSA) is 133 Å². The molecule has 0 spiro atoms. The van der Waals surface area contributed by atoms with E-state index in [-0.39, 0.29) is 6.54 Å². The van der Waals surface area contributed by atoms with Crippen molar-refractivity contribution in [3.05, 3.63) is 5.82 Å². The molecular weight excluding hydrogens is 286 g/mol. The third-order valence-electron chi connectivity index (χ3n) is 2.93. The molecule has 0 amide bonds. The van der Waals surface area contributed by atoms with Crippen LogP contribution >= 0.6 is 0 Å². The number of aliphatic imine (C=N–C) groups is 1. The molecule has 1 aliphatic heterocycles. The van der Waals surface area contributed by atoms with Gasteiger partial charge in [-0.15, -0.1) is 0 Å². The van der Waals surface area contributed by atoms with Gasteiger partial charge in [-0.1, -0.05) is 0 Å². The predicted molar refractivity (Wildman–Crippen MR) is 84.3 cm³/mol. The monoisotopic (exact) mass is 309 g/mol. The van der Waals surface area contributed by atoms with Crippen LogP contribution in [0.4, 0.5) is 5.69 Å². The van der Waals surface area contributed by atoms with E-state index in [2.05, 4.69) is 25.6 Å². The average Bonchev–Trinajstić information content (AvgIpc) is 3.02. The van der Waals surface area contributed by atoms with E-state index in [1.54, 1.807) is 0 Å². The van der Waals surface area contributed by atoms with Crippen molar-refractivity contribution in [3.8, 4) is 11.8 Å². The molecule has 1 unspecified atom stereocenters. The van der Waals surface area contributed by atoms with Crippen LogP contribution in [0.1, 0.15) is 25.7 Å². The highest BCUT2D eigenvalue weighted by atomic mass is 16.5. The molecule has 1 aromatic heterocycles. The Bertz CT molecular complexity index is 508. The Kier molecular flexibility index (Phi) is 5.73. The average molecular weight is 309 g/mol. The Morgan fingerprint density at radius 1 is 1.23 bits per heavy atom. The van der Waals surface area contributed by atoms with E-state index in [1.165, 1.54) is 0 Å². The molecule has 0 saturated heterocycles. The highest BCUT2D eigenvalue weighted by molar-refractivity contribution is 5.96. The maximum absolute atomic E-state index is 5.92. The van der Waals surface area contributed by atoms with Gasteiger partial charge in [0.15, 0.2) is 17.5 Å². The molecular formula is C13H23N7O2. The summed E-state index contributed by atoms with van der Waals surface area (Å²) in [5, 5.41) is 6.24. The molecule has 9 heteroatoms. The third-order valence-corrected chi connectivity index (χ3v) is 2.93. The summed E-state index contributed by atoms with van der Waals surface area (Å²) < 4.78 is 11.2. The van der Waals surface area contributed by atoms with Crippen LogP contribution in [0.3, 0.4) is 0 Å². The van der Waals surface area contributed by atoms with Gasteiger partial charge in [0.05, 0.1) is 25.8 Å². The van der Waals surface area contributed by atoms with Crippen LogP contribution in [0.5, 0.6) is 11.8 Å². The zero-order valence-electron chi connectivity index (χ0n) is 12.9. The maximum atomic E-state index is 5.92. The number of nitrogens with one attached hydrogen (secondary N) is 2. The standard InChI is InChI=1S/C13H23N7O2/c1-3-21-11-9(18-13-16-5-6-17-13)12(22-4-2)20-10(19-11)8(15)7-14/h8H,3-7,14-15H2,1-2H3,(H2,16,17,18). The minimum Gasteiger partial charge on any atom is -0.476 e. The second-order valence-corrected chi connectivity index (χ2v) is 4.56. The van der Waals surface area contributed by atoms with E-state index in [0.29, 0.717) is 49.0 Å². The van der Waals surface area contributed by atoms with Crippen LogP contribution < -0.4 is 31.6 Å². The number of rotatable bonds is 7. The van der Waals surface area contributed by atoms with E-state index in [1.807, 2.05) is 13.8 Å². The summed E-state index contributed by atoms with van der Waals surface area (Å²) in [6.45, 7) is 6.39. The van der Waals surface area contributed by atoms with E-state index in [0.717, 1.165) is 6.54 Å². The second-order valence-electron chi connectivity index (χ2n) is 4.56. The van der Waals surface area contributed by atoms with Crippen LogP contribution in [0.2, 0.25) is 0 Å². The number of hydrogen-bond donors (Lipinski definition) is 4. The first-order chi connectivity index (χ1) is 10.7. The number of anilines is 1. The van der Waals surface area contributed by atoms with Crippen LogP contribution in [0, 0.1) is 0 Å². The van der Waals surface area contributed by atoms with E-state index >= 15 is 0 Å². The lowest BCUT2D eigenvalue weighted by atomic mass is 10.3. The lowest BCUT2D eigenvalue weighted by molar-refractivity contribution is 0.305. The van der Waals surface area contributed by atoms with E-state index < -0.39 is 6.04 Å². The number of aromatic nitrogens is 2. The molecule has 0 bridgehead atoms. The van der Waals surface area contributed by atoms with E-state index in [9.17, 15) is 0 Å². The second kappa shape index (κ2) is 7.76. The molecule has 0 aromatic carbocycles. The van der Waals surface area contributed by atoms with Gasteiger partial charge < -0.3 is 31.6 Å². The minimum atomic E-state index is -0.477. The van der Waals surface area contributed by atoms with Crippen molar-refractivity contribution in [2.45, 2.75) is 19.9 Å². The first kappa shape index (κ1) is 16.2. The zero-order chi connectivity index (χ0) is 15.9. The molecule has 0 radical (unpaired) electrons. The number of hydrogen-bond acceptors (Lipinski definition) is 9. The minimum absolute atomic E-state index is 0.234. The van der Waals surface area contributed by atoms with Crippen LogP contribution in [0.15, 0.2) is 4.99 Å². The largest absolute Gasteiger partial charge is 0.476 e. The van der Waals surface area contributed by atoms with Crippen molar-refractivity contribution in [1.29, 1.82) is 0 Å². The molecule has 1 atom stereocenters. The summed E-state index contributed by atoms with van der Waals surface area (Å²) in [6, 6.07) is -0.477. The van der Waals surface area contributed by atoms with E-state index in [4.69, 9.17) is 20.9 Å². The molecule has 122 valence electrons. The number of nitrogens with zero attached hydrogens (tertiary/aromatic N) is 3. The van der Waals surface area contributed by atoms with Gasteiger partial charge in [0, 0.05) is 13.1 Å². The fourth-order valence-corrected chi connectivity index (χ4v) is 1.90. The van der Waals surface area contributed by atoms with Gasteiger partial charge in [0.25, 0.3) is 0 Å². The first-order valence-electron chi connectivity index (χ1n) is 7.38. The Hall–Kier alpha value is -2.13. The maximum Gasteiger partial charge on any atom is 0.245 e. The van der Waals surface area contributed by atoms with Crippen molar-refractivity contribution in [1.82, 2.24) is 15.3 Å². The van der Waals surface area contributed by atoms with Crippen molar-refractivity contribution in [3.63, 3.8) is 0 Å². The first-order valence-corrected chi connectivity index (χ1v) is 7.38.